The molecule has 20 heavy (non-hydrogen) atoms. The number of rotatable bonds is 6. The predicted octanol–water partition coefficient (Wildman–Crippen LogP) is 2.44. The Morgan fingerprint density at radius 2 is 2.05 bits per heavy atom. The van der Waals surface area contributed by atoms with E-state index >= 15 is 0 Å². The zero-order valence-electron chi connectivity index (χ0n) is 11.2. The third-order valence-electron chi connectivity index (χ3n) is 2.94. The molecule has 0 bridgehead atoms. The number of aromatic carboxylic acids is 1. The molecule has 104 valence electrons. The van der Waals surface area contributed by atoms with Gasteiger partial charge < -0.3 is 15.2 Å². The number of carboxylic acids is 1. The van der Waals surface area contributed by atoms with E-state index < -0.39 is 5.97 Å². The fourth-order valence-corrected chi connectivity index (χ4v) is 1.85. The molecule has 0 saturated carbocycles. The van der Waals surface area contributed by atoms with E-state index in [9.17, 15) is 4.79 Å². The number of carboxylic acid groups (broad SMARTS) is 1. The fraction of sp³-hybridized carbons (Fsp3) is 0.200. The molecule has 2 aromatic rings. The molecule has 0 radical (unpaired) electrons. The average molecular weight is 272 g/mol. The van der Waals surface area contributed by atoms with E-state index in [1.165, 1.54) is 6.20 Å². The molecule has 1 aromatic carbocycles. The van der Waals surface area contributed by atoms with Gasteiger partial charge in [0.25, 0.3) is 0 Å². The average Bonchev–Trinajstić information content (AvgIpc) is 2.48. The van der Waals surface area contributed by atoms with Crippen LogP contribution < -0.4 is 10.1 Å². The van der Waals surface area contributed by atoms with Crippen molar-refractivity contribution in [2.45, 2.75) is 6.42 Å². The van der Waals surface area contributed by atoms with Crippen molar-refractivity contribution in [3.8, 4) is 5.75 Å². The largest absolute Gasteiger partial charge is 0.497 e. The van der Waals surface area contributed by atoms with E-state index in [0.29, 0.717) is 12.2 Å². The van der Waals surface area contributed by atoms with Gasteiger partial charge in [0, 0.05) is 18.9 Å². The number of carbonyl (C=O) groups is 1. The first-order valence-corrected chi connectivity index (χ1v) is 6.25. The molecule has 2 N–H and O–H groups in total. The highest BCUT2D eigenvalue weighted by Crippen LogP contribution is 2.14. The molecule has 0 aliphatic heterocycles. The molecule has 0 aliphatic carbocycles. The first-order chi connectivity index (χ1) is 9.70. The van der Waals surface area contributed by atoms with Gasteiger partial charge in [-0.3, -0.25) is 4.98 Å². The van der Waals surface area contributed by atoms with Crippen LogP contribution in [0.1, 0.15) is 15.9 Å². The Kier molecular flexibility index (Phi) is 4.55. The maximum Gasteiger partial charge on any atom is 0.339 e. The van der Waals surface area contributed by atoms with Crippen molar-refractivity contribution in [1.29, 1.82) is 0 Å². The monoisotopic (exact) mass is 272 g/mol. The number of methoxy groups -OCH3 is 1. The second kappa shape index (κ2) is 6.56. The Bertz CT molecular complexity index is 582. The van der Waals surface area contributed by atoms with Gasteiger partial charge in [0.2, 0.25) is 0 Å². The summed E-state index contributed by atoms with van der Waals surface area (Å²) >= 11 is 0. The SMILES string of the molecule is COc1ccc(CCNc2ccncc2C(=O)O)cc1. The van der Waals surface area contributed by atoms with E-state index in [1.54, 1.807) is 19.4 Å². The maximum absolute atomic E-state index is 11.0. The second-order valence-corrected chi connectivity index (χ2v) is 4.25. The Morgan fingerprint density at radius 1 is 1.30 bits per heavy atom. The number of hydrogen-bond donors (Lipinski definition) is 2. The standard InChI is InChI=1S/C15H16N2O3/c1-20-12-4-2-11(3-5-12)6-9-17-14-7-8-16-10-13(14)15(18)19/h2-5,7-8,10H,6,9H2,1H3,(H,16,17)(H,18,19). The molecule has 1 heterocycles. The molecule has 0 aliphatic rings. The van der Waals surface area contributed by atoms with Crippen LogP contribution in [0.2, 0.25) is 0 Å². The van der Waals surface area contributed by atoms with Crippen molar-refractivity contribution < 1.29 is 14.6 Å². The number of pyridine rings is 1. The van der Waals surface area contributed by atoms with Crippen molar-refractivity contribution in [1.82, 2.24) is 4.98 Å². The maximum atomic E-state index is 11.0. The van der Waals surface area contributed by atoms with Crippen molar-refractivity contribution in [2.24, 2.45) is 0 Å². The number of benzene rings is 1. The zero-order valence-corrected chi connectivity index (χ0v) is 11.2. The van der Waals surface area contributed by atoms with Gasteiger partial charge in [0.1, 0.15) is 11.3 Å². The summed E-state index contributed by atoms with van der Waals surface area (Å²) in [5.74, 6) is -0.158. The molecule has 1 aromatic heterocycles. The summed E-state index contributed by atoms with van der Waals surface area (Å²) in [7, 11) is 1.63. The fourth-order valence-electron chi connectivity index (χ4n) is 1.85. The normalized spacial score (nSPS) is 10.1. The minimum absolute atomic E-state index is 0.183. The molecule has 5 nitrogen and oxygen atoms in total. The van der Waals surface area contributed by atoms with Gasteiger partial charge >= 0.3 is 5.97 Å². The summed E-state index contributed by atoms with van der Waals surface area (Å²) in [4.78, 5) is 14.8. The van der Waals surface area contributed by atoms with E-state index in [4.69, 9.17) is 9.84 Å². The molecular weight excluding hydrogens is 256 g/mol. The third-order valence-corrected chi connectivity index (χ3v) is 2.94. The van der Waals surface area contributed by atoms with Crippen molar-refractivity contribution in [3.63, 3.8) is 0 Å². The van der Waals surface area contributed by atoms with Crippen LogP contribution in [0.4, 0.5) is 5.69 Å². The minimum Gasteiger partial charge on any atom is -0.497 e. The molecule has 0 unspecified atom stereocenters. The first kappa shape index (κ1) is 13.9. The van der Waals surface area contributed by atoms with Crippen LogP contribution >= 0.6 is 0 Å². The topological polar surface area (TPSA) is 71.5 Å². The van der Waals surface area contributed by atoms with Crippen LogP contribution in [0.15, 0.2) is 42.7 Å². The van der Waals surface area contributed by atoms with Crippen molar-refractivity contribution >= 4 is 11.7 Å². The van der Waals surface area contributed by atoms with Gasteiger partial charge in [-0.05, 0) is 30.2 Å². The minimum atomic E-state index is -0.981. The van der Waals surface area contributed by atoms with Gasteiger partial charge in [-0.25, -0.2) is 4.79 Å². The van der Waals surface area contributed by atoms with Crippen LogP contribution in [0, 0.1) is 0 Å². The third kappa shape index (κ3) is 3.47. The van der Waals surface area contributed by atoms with Gasteiger partial charge in [-0.15, -0.1) is 0 Å². The zero-order chi connectivity index (χ0) is 14.4. The quantitative estimate of drug-likeness (QED) is 0.845. The van der Waals surface area contributed by atoms with E-state index in [-0.39, 0.29) is 5.56 Å². The van der Waals surface area contributed by atoms with Gasteiger partial charge in [0.05, 0.1) is 12.8 Å². The molecule has 0 fully saturated rings. The first-order valence-electron chi connectivity index (χ1n) is 6.25. The number of nitrogens with zero attached hydrogens (tertiary/aromatic N) is 1. The van der Waals surface area contributed by atoms with Crippen LogP contribution in [0.5, 0.6) is 5.75 Å². The second-order valence-electron chi connectivity index (χ2n) is 4.25. The van der Waals surface area contributed by atoms with E-state index in [1.807, 2.05) is 24.3 Å². The highest BCUT2D eigenvalue weighted by atomic mass is 16.5. The molecular formula is C15H16N2O3. The molecule has 5 heteroatoms. The lowest BCUT2D eigenvalue weighted by atomic mass is 10.1. The Morgan fingerprint density at radius 3 is 2.70 bits per heavy atom. The number of ether oxygens (including phenoxy) is 1. The highest BCUT2D eigenvalue weighted by molar-refractivity contribution is 5.93. The molecule has 0 amide bonds. The van der Waals surface area contributed by atoms with Crippen molar-refractivity contribution in [2.75, 3.05) is 19.0 Å². The van der Waals surface area contributed by atoms with Crippen molar-refractivity contribution in [3.05, 3.63) is 53.9 Å². The van der Waals surface area contributed by atoms with Gasteiger partial charge in [0.15, 0.2) is 0 Å². The van der Waals surface area contributed by atoms with E-state index in [2.05, 4.69) is 10.3 Å². The van der Waals surface area contributed by atoms with Crippen LogP contribution in [-0.2, 0) is 6.42 Å². The van der Waals surface area contributed by atoms with Crippen LogP contribution in [0.25, 0.3) is 0 Å². The summed E-state index contributed by atoms with van der Waals surface area (Å²) in [6.07, 6.45) is 3.71. The number of nitrogens with one attached hydrogen (secondary N) is 1. The summed E-state index contributed by atoms with van der Waals surface area (Å²) in [6.45, 7) is 0.649. The van der Waals surface area contributed by atoms with Crippen LogP contribution in [-0.4, -0.2) is 29.7 Å². The highest BCUT2D eigenvalue weighted by Gasteiger charge is 2.08. The Balaban J connectivity index is 1.94. The summed E-state index contributed by atoms with van der Waals surface area (Å²) < 4.78 is 5.10. The number of anilines is 1. The molecule has 0 saturated heterocycles. The lowest BCUT2D eigenvalue weighted by Crippen LogP contribution is -2.09. The lowest BCUT2D eigenvalue weighted by molar-refractivity contribution is 0.0697. The van der Waals surface area contributed by atoms with Gasteiger partial charge in [-0.2, -0.15) is 0 Å². The Labute approximate surface area is 117 Å². The summed E-state index contributed by atoms with van der Waals surface area (Å²) in [5, 5.41) is 12.2. The summed E-state index contributed by atoms with van der Waals surface area (Å²) in [5.41, 5.74) is 1.92. The van der Waals surface area contributed by atoms with Gasteiger partial charge in [-0.1, -0.05) is 12.1 Å². The predicted molar refractivity (Wildman–Crippen MR) is 76.4 cm³/mol. The number of aromatic nitrogens is 1. The smallest absolute Gasteiger partial charge is 0.339 e. The summed E-state index contributed by atoms with van der Waals surface area (Å²) in [6, 6.07) is 9.46. The van der Waals surface area contributed by atoms with Crippen LogP contribution in [0.3, 0.4) is 0 Å². The lowest BCUT2D eigenvalue weighted by Gasteiger charge is -2.09. The molecule has 0 spiro atoms. The van der Waals surface area contributed by atoms with E-state index in [0.717, 1.165) is 17.7 Å². The molecule has 0 atom stereocenters. The molecule has 2 rings (SSSR count). The number of hydrogen-bond acceptors (Lipinski definition) is 4. The Hall–Kier alpha value is -2.56.